The number of nitrogens with zero attached hydrogens (tertiary/aromatic N) is 2. The van der Waals surface area contributed by atoms with E-state index >= 15 is 0 Å². The van der Waals surface area contributed by atoms with Gasteiger partial charge in [0, 0.05) is 33.1 Å². The molecule has 100 valence electrons. The molecule has 1 aromatic rings. The molecule has 0 radical (unpaired) electrons. The third-order valence-corrected chi connectivity index (χ3v) is 2.60. The van der Waals surface area contributed by atoms with Crippen molar-refractivity contribution < 1.29 is 4.79 Å². The van der Waals surface area contributed by atoms with E-state index in [1.807, 2.05) is 32.2 Å². The highest BCUT2D eigenvalue weighted by molar-refractivity contribution is 5.75. The molecule has 0 aromatic carbocycles. The number of carbonyl (C=O) groups is 1. The van der Waals surface area contributed by atoms with Crippen LogP contribution in [0.25, 0.3) is 0 Å². The van der Waals surface area contributed by atoms with Crippen molar-refractivity contribution in [2.24, 2.45) is 0 Å². The van der Waals surface area contributed by atoms with Crippen molar-refractivity contribution in [1.29, 1.82) is 0 Å². The molecule has 1 amide bonds. The molecule has 0 atom stereocenters. The Morgan fingerprint density at radius 1 is 1.44 bits per heavy atom. The van der Waals surface area contributed by atoms with Gasteiger partial charge >= 0.3 is 0 Å². The van der Waals surface area contributed by atoms with Crippen LogP contribution in [0.4, 0.5) is 5.82 Å². The Balaban J connectivity index is 2.45. The number of anilines is 1. The zero-order valence-electron chi connectivity index (χ0n) is 11.4. The molecule has 1 aromatic heterocycles. The van der Waals surface area contributed by atoms with Crippen molar-refractivity contribution in [3.63, 3.8) is 0 Å². The lowest BCUT2D eigenvalue weighted by molar-refractivity contribution is -0.120. The summed E-state index contributed by atoms with van der Waals surface area (Å²) in [6.07, 6.45) is 0.514. The Morgan fingerprint density at radius 2 is 2.22 bits per heavy atom. The van der Waals surface area contributed by atoms with Gasteiger partial charge in [0.25, 0.3) is 0 Å². The van der Waals surface area contributed by atoms with Crippen LogP contribution in [-0.2, 0) is 11.3 Å². The van der Waals surface area contributed by atoms with Gasteiger partial charge in [-0.2, -0.15) is 0 Å². The summed E-state index contributed by atoms with van der Waals surface area (Å²) < 4.78 is 0. The summed E-state index contributed by atoms with van der Waals surface area (Å²) in [5, 5.41) is 5.81. The molecule has 1 rings (SSSR count). The Labute approximate surface area is 109 Å². The topological polar surface area (TPSA) is 57.3 Å². The van der Waals surface area contributed by atoms with Crippen LogP contribution in [0.15, 0.2) is 18.2 Å². The van der Waals surface area contributed by atoms with Crippen molar-refractivity contribution in [3.05, 3.63) is 23.9 Å². The molecular weight excluding hydrogens is 228 g/mol. The minimum atomic E-state index is 0.0659. The number of aromatic nitrogens is 1. The van der Waals surface area contributed by atoms with Gasteiger partial charge in [-0.15, -0.1) is 0 Å². The van der Waals surface area contributed by atoms with Gasteiger partial charge in [-0.3, -0.25) is 4.79 Å². The van der Waals surface area contributed by atoms with Crippen molar-refractivity contribution in [1.82, 2.24) is 15.2 Å². The summed E-state index contributed by atoms with van der Waals surface area (Å²) in [7, 11) is 3.65. The van der Waals surface area contributed by atoms with E-state index in [-0.39, 0.29) is 5.91 Å². The molecule has 0 saturated heterocycles. The summed E-state index contributed by atoms with van der Waals surface area (Å²) >= 11 is 0. The first-order chi connectivity index (χ1) is 8.65. The maximum absolute atomic E-state index is 11.1. The van der Waals surface area contributed by atoms with Crippen molar-refractivity contribution in [2.75, 3.05) is 32.5 Å². The van der Waals surface area contributed by atoms with Gasteiger partial charge in [-0.05, 0) is 26.1 Å². The predicted molar refractivity (Wildman–Crippen MR) is 73.4 cm³/mol. The molecule has 0 fully saturated rings. The number of carbonyl (C=O) groups excluding carboxylic acids is 1. The number of hydrogen-bond donors (Lipinski definition) is 2. The normalized spacial score (nSPS) is 10.4. The first kappa shape index (κ1) is 14.4. The van der Waals surface area contributed by atoms with Gasteiger partial charge in [0.15, 0.2) is 0 Å². The molecule has 0 spiro atoms. The minimum Gasteiger partial charge on any atom is -0.370 e. The number of rotatable bonds is 7. The summed E-state index contributed by atoms with van der Waals surface area (Å²) in [5.74, 6) is 0.964. The van der Waals surface area contributed by atoms with Crippen molar-refractivity contribution >= 4 is 11.7 Å². The van der Waals surface area contributed by atoms with Gasteiger partial charge < -0.3 is 15.5 Å². The zero-order valence-corrected chi connectivity index (χ0v) is 11.4. The van der Waals surface area contributed by atoms with Crippen LogP contribution in [0.1, 0.15) is 19.0 Å². The molecule has 0 aliphatic carbocycles. The van der Waals surface area contributed by atoms with Crippen molar-refractivity contribution in [3.8, 4) is 0 Å². The molecule has 0 aliphatic heterocycles. The molecule has 0 saturated carbocycles. The van der Waals surface area contributed by atoms with Crippen LogP contribution in [0, 0.1) is 0 Å². The van der Waals surface area contributed by atoms with E-state index in [1.54, 1.807) is 7.05 Å². The summed E-state index contributed by atoms with van der Waals surface area (Å²) in [4.78, 5) is 17.7. The average molecular weight is 250 g/mol. The highest BCUT2D eigenvalue weighted by atomic mass is 16.1. The van der Waals surface area contributed by atoms with Crippen LogP contribution < -0.4 is 10.6 Å². The molecule has 2 N–H and O–H groups in total. The summed E-state index contributed by atoms with van der Waals surface area (Å²) in [6.45, 7) is 4.38. The third kappa shape index (κ3) is 5.14. The average Bonchev–Trinajstić information content (AvgIpc) is 2.37. The van der Waals surface area contributed by atoms with E-state index in [0.29, 0.717) is 6.42 Å². The lowest BCUT2D eigenvalue weighted by Crippen LogP contribution is -2.26. The van der Waals surface area contributed by atoms with Crippen molar-refractivity contribution in [2.45, 2.75) is 19.9 Å². The highest BCUT2D eigenvalue weighted by Gasteiger charge is 2.05. The smallest absolute Gasteiger partial charge is 0.221 e. The van der Waals surface area contributed by atoms with Crippen LogP contribution in [-0.4, -0.2) is 43.0 Å². The van der Waals surface area contributed by atoms with Crippen LogP contribution in [0.2, 0.25) is 0 Å². The Hall–Kier alpha value is -1.62. The van der Waals surface area contributed by atoms with Gasteiger partial charge in [0.2, 0.25) is 5.91 Å². The predicted octanol–water partition coefficient (Wildman–Crippen LogP) is 1.08. The van der Waals surface area contributed by atoms with Crippen LogP contribution in [0.5, 0.6) is 0 Å². The van der Waals surface area contributed by atoms with Crippen LogP contribution in [0.3, 0.4) is 0 Å². The maximum Gasteiger partial charge on any atom is 0.221 e. The standard InChI is InChI=1S/C13H22N4O/c1-4-15-12-7-5-6-11(16-12)10-17(3)9-8-13(18)14-2/h5-7H,4,8-10H2,1-3H3,(H,14,18)(H,15,16). The number of amides is 1. The van der Waals surface area contributed by atoms with E-state index < -0.39 is 0 Å². The third-order valence-electron chi connectivity index (χ3n) is 2.60. The lowest BCUT2D eigenvalue weighted by atomic mass is 10.3. The van der Waals surface area contributed by atoms with Gasteiger partial charge in [-0.25, -0.2) is 4.98 Å². The van der Waals surface area contributed by atoms with Gasteiger partial charge in [-0.1, -0.05) is 6.07 Å². The molecule has 0 unspecified atom stereocenters. The Morgan fingerprint density at radius 3 is 2.89 bits per heavy atom. The quantitative estimate of drug-likeness (QED) is 0.760. The second kappa shape index (κ2) is 7.66. The van der Waals surface area contributed by atoms with Gasteiger partial charge in [0.1, 0.15) is 5.82 Å². The zero-order chi connectivity index (χ0) is 13.4. The fraction of sp³-hybridized carbons (Fsp3) is 0.538. The Kier molecular flexibility index (Phi) is 6.14. The summed E-state index contributed by atoms with van der Waals surface area (Å²) in [6, 6.07) is 5.95. The van der Waals surface area contributed by atoms with E-state index in [4.69, 9.17) is 0 Å². The SMILES string of the molecule is CCNc1cccc(CN(C)CCC(=O)NC)n1. The fourth-order valence-electron chi connectivity index (χ4n) is 1.62. The molecule has 5 heteroatoms. The van der Waals surface area contributed by atoms with E-state index in [1.165, 1.54) is 0 Å². The van der Waals surface area contributed by atoms with E-state index in [0.717, 1.165) is 31.1 Å². The number of hydrogen-bond acceptors (Lipinski definition) is 4. The molecule has 18 heavy (non-hydrogen) atoms. The fourth-order valence-corrected chi connectivity index (χ4v) is 1.62. The largest absolute Gasteiger partial charge is 0.370 e. The summed E-state index contributed by atoms with van der Waals surface area (Å²) in [5.41, 5.74) is 1.01. The lowest BCUT2D eigenvalue weighted by Gasteiger charge is -2.16. The van der Waals surface area contributed by atoms with E-state index in [2.05, 4.69) is 20.5 Å². The molecule has 5 nitrogen and oxygen atoms in total. The number of pyridine rings is 1. The highest BCUT2D eigenvalue weighted by Crippen LogP contribution is 2.06. The van der Waals surface area contributed by atoms with E-state index in [9.17, 15) is 4.79 Å². The van der Waals surface area contributed by atoms with Gasteiger partial charge in [0.05, 0.1) is 5.69 Å². The molecule has 0 aliphatic rings. The number of nitrogens with one attached hydrogen (secondary N) is 2. The first-order valence-corrected chi connectivity index (χ1v) is 6.24. The first-order valence-electron chi connectivity index (χ1n) is 6.24. The minimum absolute atomic E-state index is 0.0659. The molecular formula is C13H22N4O. The monoisotopic (exact) mass is 250 g/mol. The maximum atomic E-state index is 11.1. The molecule has 1 heterocycles. The second-order valence-corrected chi connectivity index (χ2v) is 4.21. The molecule has 0 bridgehead atoms. The Bertz CT molecular complexity index is 381. The second-order valence-electron chi connectivity index (χ2n) is 4.21. The van der Waals surface area contributed by atoms with Crippen LogP contribution >= 0.6 is 0 Å².